The van der Waals surface area contributed by atoms with Crippen molar-refractivity contribution in [3.63, 3.8) is 0 Å². The normalized spacial score (nSPS) is 12.0. The number of nitrogens with one attached hydrogen (secondary N) is 1. The van der Waals surface area contributed by atoms with E-state index in [2.05, 4.69) is 26.5 Å². The number of nitrogens with zero attached hydrogens (tertiary/aromatic N) is 1. The maximum absolute atomic E-state index is 12.0. The summed E-state index contributed by atoms with van der Waals surface area (Å²) < 4.78 is 11.2. The van der Waals surface area contributed by atoms with Gasteiger partial charge in [0.1, 0.15) is 11.5 Å². The molecule has 2 N–H and O–H groups in total. The summed E-state index contributed by atoms with van der Waals surface area (Å²) in [6, 6.07) is 12.0. The first-order chi connectivity index (χ1) is 11.5. The summed E-state index contributed by atoms with van der Waals surface area (Å²) in [5.74, 6) is 0.594. The Hall–Kier alpha value is -2.38. The van der Waals surface area contributed by atoms with E-state index in [9.17, 15) is 9.90 Å². The number of hydrazone groups is 1. The Kier molecular flexibility index (Phi) is 6.34. The number of carbonyl (C=O) groups is 1. The molecule has 0 heterocycles. The summed E-state index contributed by atoms with van der Waals surface area (Å²) in [5, 5.41) is 13.9. The molecule has 0 bridgehead atoms. The maximum atomic E-state index is 12.0. The molecule has 1 atom stereocenters. The van der Waals surface area contributed by atoms with E-state index in [0.29, 0.717) is 22.6 Å². The first-order valence-electron chi connectivity index (χ1n) is 7.03. The Bertz CT molecular complexity index is 732. The Labute approximate surface area is 148 Å². The van der Waals surface area contributed by atoms with Crippen LogP contribution < -0.4 is 14.9 Å². The second-order valence-corrected chi connectivity index (χ2v) is 5.71. The van der Waals surface area contributed by atoms with Crippen molar-refractivity contribution in [3.05, 3.63) is 58.1 Å². The number of hydrogen-bond acceptors (Lipinski definition) is 5. The van der Waals surface area contributed by atoms with Crippen LogP contribution in [0.1, 0.15) is 17.2 Å². The average Bonchev–Trinajstić information content (AvgIpc) is 2.61. The number of rotatable bonds is 6. The van der Waals surface area contributed by atoms with Crippen LogP contribution in [0.2, 0.25) is 0 Å². The number of amides is 1. The summed E-state index contributed by atoms with van der Waals surface area (Å²) in [7, 11) is 3.09. The number of aliphatic hydroxyl groups excluding tert-OH is 1. The lowest BCUT2D eigenvalue weighted by Crippen LogP contribution is -2.25. The lowest BCUT2D eigenvalue weighted by Gasteiger charge is -2.09. The van der Waals surface area contributed by atoms with E-state index in [0.717, 1.165) is 4.47 Å². The fourth-order valence-corrected chi connectivity index (χ4v) is 2.23. The van der Waals surface area contributed by atoms with Gasteiger partial charge in [-0.15, -0.1) is 0 Å². The minimum absolute atomic E-state index is 0.477. The molecule has 24 heavy (non-hydrogen) atoms. The molecule has 0 aliphatic carbocycles. The molecular weight excluding hydrogens is 376 g/mol. The molecule has 2 aromatic rings. The molecule has 6 nitrogen and oxygen atoms in total. The third-order valence-electron chi connectivity index (χ3n) is 3.25. The standard InChI is InChI=1S/C17H17BrN2O4/c1-23-14-7-8-15(24-2)12(9-14)10-19-20-17(22)16(21)11-3-5-13(18)6-4-11/h3-10,16,21H,1-2H3,(H,20,22)/t16-/m1/s1. The molecule has 0 aromatic heterocycles. The van der Waals surface area contributed by atoms with E-state index in [-0.39, 0.29) is 0 Å². The van der Waals surface area contributed by atoms with Gasteiger partial charge in [-0.1, -0.05) is 28.1 Å². The molecular formula is C17H17BrN2O4. The van der Waals surface area contributed by atoms with Crippen LogP contribution in [-0.4, -0.2) is 31.4 Å². The quantitative estimate of drug-likeness (QED) is 0.584. The monoisotopic (exact) mass is 392 g/mol. The Morgan fingerprint density at radius 3 is 2.54 bits per heavy atom. The van der Waals surface area contributed by atoms with Crippen LogP contribution in [0, 0.1) is 0 Å². The van der Waals surface area contributed by atoms with Crippen LogP contribution in [0.3, 0.4) is 0 Å². The highest BCUT2D eigenvalue weighted by atomic mass is 79.9. The maximum Gasteiger partial charge on any atom is 0.273 e. The van der Waals surface area contributed by atoms with Gasteiger partial charge < -0.3 is 14.6 Å². The lowest BCUT2D eigenvalue weighted by atomic mass is 10.1. The Morgan fingerprint density at radius 1 is 1.21 bits per heavy atom. The number of methoxy groups -OCH3 is 2. The molecule has 0 fully saturated rings. The van der Waals surface area contributed by atoms with Gasteiger partial charge in [-0.25, -0.2) is 5.43 Å². The SMILES string of the molecule is COc1ccc(OC)c(C=NNC(=O)[C@H](O)c2ccc(Br)cc2)c1. The van der Waals surface area contributed by atoms with Gasteiger partial charge in [0.15, 0.2) is 6.10 Å². The molecule has 0 unspecified atom stereocenters. The first-order valence-corrected chi connectivity index (χ1v) is 7.83. The van der Waals surface area contributed by atoms with Crippen molar-refractivity contribution in [2.24, 2.45) is 5.10 Å². The zero-order valence-corrected chi connectivity index (χ0v) is 14.8. The van der Waals surface area contributed by atoms with Crippen LogP contribution in [0.5, 0.6) is 11.5 Å². The van der Waals surface area contributed by atoms with Gasteiger partial charge in [0.05, 0.1) is 20.4 Å². The van der Waals surface area contributed by atoms with Crippen molar-refractivity contribution < 1.29 is 19.4 Å². The van der Waals surface area contributed by atoms with Gasteiger partial charge in [-0.2, -0.15) is 5.10 Å². The van der Waals surface area contributed by atoms with Crippen LogP contribution >= 0.6 is 15.9 Å². The largest absolute Gasteiger partial charge is 0.497 e. The van der Waals surface area contributed by atoms with Gasteiger partial charge in [0.2, 0.25) is 0 Å². The molecule has 7 heteroatoms. The summed E-state index contributed by atoms with van der Waals surface area (Å²) in [6.07, 6.45) is 0.121. The third-order valence-corrected chi connectivity index (χ3v) is 3.78. The zero-order chi connectivity index (χ0) is 17.5. The van der Waals surface area contributed by atoms with Crippen molar-refractivity contribution in [3.8, 4) is 11.5 Å². The van der Waals surface area contributed by atoms with Gasteiger partial charge in [0, 0.05) is 10.0 Å². The molecule has 0 aliphatic heterocycles. The van der Waals surface area contributed by atoms with E-state index in [1.165, 1.54) is 13.3 Å². The molecule has 2 aromatic carbocycles. The highest BCUT2D eigenvalue weighted by molar-refractivity contribution is 9.10. The van der Waals surface area contributed by atoms with Crippen LogP contribution in [0.25, 0.3) is 0 Å². The van der Waals surface area contributed by atoms with Crippen molar-refractivity contribution >= 4 is 28.1 Å². The average molecular weight is 393 g/mol. The van der Waals surface area contributed by atoms with Crippen molar-refractivity contribution in [1.82, 2.24) is 5.43 Å². The molecule has 0 saturated heterocycles. The summed E-state index contributed by atoms with van der Waals surface area (Å²) >= 11 is 3.30. The predicted octanol–water partition coefficient (Wildman–Crippen LogP) is 2.65. The van der Waals surface area contributed by atoms with Gasteiger partial charge >= 0.3 is 0 Å². The molecule has 2 rings (SSSR count). The van der Waals surface area contributed by atoms with Crippen molar-refractivity contribution in [1.29, 1.82) is 0 Å². The fraction of sp³-hybridized carbons (Fsp3) is 0.176. The highest BCUT2D eigenvalue weighted by Gasteiger charge is 2.16. The second-order valence-electron chi connectivity index (χ2n) is 4.80. The van der Waals surface area contributed by atoms with Crippen molar-refractivity contribution in [2.75, 3.05) is 14.2 Å². The number of halogens is 1. The van der Waals surface area contributed by atoms with Crippen LogP contribution in [0.4, 0.5) is 0 Å². The summed E-state index contributed by atoms with van der Waals surface area (Å²) in [6.45, 7) is 0. The molecule has 1 amide bonds. The zero-order valence-electron chi connectivity index (χ0n) is 13.2. The van der Waals surface area contributed by atoms with E-state index >= 15 is 0 Å². The smallest absolute Gasteiger partial charge is 0.273 e. The molecule has 126 valence electrons. The number of ether oxygens (including phenoxy) is 2. The highest BCUT2D eigenvalue weighted by Crippen LogP contribution is 2.22. The van der Waals surface area contributed by atoms with E-state index in [1.807, 2.05) is 0 Å². The number of benzene rings is 2. The Morgan fingerprint density at radius 2 is 1.92 bits per heavy atom. The molecule has 0 spiro atoms. The van der Waals surface area contributed by atoms with Gasteiger partial charge in [-0.3, -0.25) is 4.79 Å². The summed E-state index contributed by atoms with van der Waals surface area (Å²) in [5.41, 5.74) is 3.42. The predicted molar refractivity (Wildman–Crippen MR) is 94.4 cm³/mol. The third kappa shape index (κ3) is 4.56. The summed E-state index contributed by atoms with van der Waals surface area (Å²) in [4.78, 5) is 12.0. The van der Waals surface area contributed by atoms with Crippen molar-refractivity contribution in [2.45, 2.75) is 6.10 Å². The fourth-order valence-electron chi connectivity index (χ4n) is 1.96. The van der Waals surface area contributed by atoms with Gasteiger partial charge in [-0.05, 0) is 35.9 Å². The minimum atomic E-state index is -1.30. The molecule has 0 radical (unpaired) electrons. The van der Waals surface area contributed by atoms with E-state index in [1.54, 1.807) is 49.6 Å². The van der Waals surface area contributed by atoms with E-state index in [4.69, 9.17) is 9.47 Å². The second kappa shape index (κ2) is 8.47. The first kappa shape index (κ1) is 18.0. The molecule has 0 aliphatic rings. The lowest BCUT2D eigenvalue weighted by molar-refractivity contribution is -0.129. The number of carbonyl (C=O) groups excluding carboxylic acids is 1. The van der Waals surface area contributed by atoms with Gasteiger partial charge in [0.25, 0.3) is 5.91 Å². The van der Waals surface area contributed by atoms with Crippen LogP contribution in [-0.2, 0) is 4.79 Å². The number of hydrogen-bond donors (Lipinski definition) is 2. The topological polar surface area (TPSA) is 80.2 Å². The number of aliphatic hydroxyl groups is 1. The molecule has 0 saturated carbocycles. The van der Waals surface area contributed by atoms with E-state index < -0.39 is 12.0 Å². The minimum Gasteiger partial charge on any atom is -0.497 e. The Balaban J connectivity index is 2.05. The van der Waals surface area contributed by atoms with Crippen LogP contribution in [0.15, 0.2) is 52.0 Å².